The molecule has 3 N–H and O–H groups in total. The lowest BCUT2D eigenvalue weighted by molar-refractivity contribution is -0.183. The first-order valence-electron chi connectivity index (χ1n) is 8.21. The Labute approximate surface area is 147 Å². The summed E-state index contributed by atoms with van der Waals surface area (Å²) >= 11 is 0. The first kappa shape index (κ1) is 18.5. The first-order valence-corrected chi connectivity index (χ1v) is 8.21. The van der Waals surface area contributed by atoms with E-state index in [4.69, 9.17) is 4.74 Å². The van der Waals surface area contributed by atoms with Crippen molar-refractivity contribution in [3.63, 3.8) is 0 Å². The second kappa shape index (κ2) is 7.50. The lowest BCUT2D eigenvalue weighted by atomic mass is 10.1. The number of carbonyl (C=O) groups excluding carboxylic acids is 2. The maximum Gasteiger partial charge on any atom is 0.405 e. The van der Waals surface area contributed by atoms with Gasteiger partial charge >= 0.3 is 6.18 Å². The Morgan fingerprint density at radius 1 is 1.31 bits per heavy atom. The van der Waals surface area contributed by atoms with Gasteiger partial charge in [0.1, 0.15) is 11.8 Å². The van der Waals surface area contributed by atoms with E-state index in [0.717, 1.165) is 0 Å². The van der Waals surface area contributed by atoms with Crippen LogP contribution in [0.5, 0.6) is 5.75 Å². The smallest absolute Gasteiger partial charge is 0.405 e. The molecule has 2 aliphatic rings. The summed E-state index contributed by atoms with van der Waals surface area (Å²) in [7, 11) is 0. The maximum atomic E-state index is 13.3. The number of ether oxygens (including phenoxy) is 1. The van der Waals surface area contributed by atoms with Gasteiger partial charge in [0.2, 0.25) is 0 Å². The molecule has 2 amide bonds. The molecule has 26 heavy (non-hydrogen) atoms. The Morgan fingerprint density at radius 2 is 2.04 bits per heavy atom. The van der Waals surface area contributed by atoms with E-state index in [9.17, 15) is 22.8 Å². The molecule has 3 rings (SSSR count). The summed E-state index contributed by atoms with van der Waals surface area (Å²) in [5.74, 6) is -0.585. The summed E-state index contributed by atoms with van der Waals surface area (Å²) in [6, 6.07) is 2.59. The van der Waals surface area contributed by atoms with Crippen LogP contribution in [-0.4, -0.2) is 68.3 Å². The van der Waals surface area contributed by atoms with E-state index in [1.807, 2.05) is 0 Å². The van der Waals surface area contributed by atoms with E-state index in [-0.39, 0.29) is 31.2 Å². The van der Waals surface area contributed by atoms with Crippen LogP contribution in [-0.2, 0) is 4.79 Å². The summed E-state index contributed by atoms with van der Waals surface area (Å²) in [5, 5.41) is 7.90. The molecular weight excluding hydrogens is 353 g/mol. The molecule has 10 heteroatoms. The van der Waals surface area contributed by atoms with Crippen LogP contribution in [0.4, 0.5) is 18.9 Å². The zero-order valence-electron chi connectivity index (χ0n) is 13.9. The van der Waals surface area contributed by atoms with Crippen LogP contribution in [0.2, 0.25) is 0 Å². The Hall–Kier alpha value is -2.33. The standard InChI is InChI=1S/C16H19F3N4O3/c17-16(18,19)13(23-5-3-20-4-6-23)8-21-15(25)10-1-2-12-11(7-10)22-14(24)9-26-12/h1-2,7,13,20H,3-6,8-9H2,(H,21,25)(H,22,24). The Morgan fingerprint density at radius 3 is 2.73 bits per heavy atom. The van der Waals surface area contributed by atoms with E-state index < -0.39 is 24.7 Å². The monoisotopic (exact) mass is 372 g/mol. The van der Waals surface area contributed by atoms with Crippen LogP contribution >= 0.6 is 0 Å². The third-order valence-corrected chi connectivity index (χ3v) is 4.30. The highest BCUT2D eigenvalue weighted by molar-refractivity contribution is 5.99. The third kappa shape index (κ3) is 4.25. The van der Waals surface area contributed by atoms with E-state index in [1.54, 1.807) is 0 Å². The van der Waals surface area contributed by atoms with Gasteiger partial charge in [0.15, 0.2) is 6.61 Å². The van der Waals surface area contributed by atoms with Gasteiger partial charge < -0.3 is 20.7 Å². The van der Waals surface area contributed by atoms with Gasteiger partial charge in [-0.05, 0) is 18.2 Å². The zero-order chi connectivity index (χ0) is 18.7. The highest BCUT2D eigenvalue weighted by Crippen LogP contribution is 2.29. The number of fused-ring (bicyclic) bond motifs is 1. The van der Waals surface area contributed by atoms with Crippen molar-refractivity contribution in [2.45, 2.75) is 12.2 Å². The molecule has 0 spiro atoms. The molecule has 1 aromatic rings. The average Bonchev–Trinajstić information content (AvgIpc) is 2.61. The third-order valence-electron chi connectivity index (χ3n) is 4.30. The van der Waals surface area contributed by atoms with E-state index >= 15 is 0 Å². The lowest BCUT2D eigenvalue weighted by Gasteiger charge is -2.35. The Kier molecular flexibility index (Phi) is 5.33. The number of nitrogens with zero attached hydrogens (tertiary/aromatic N) is 1. The Balaban J connectivity index is 1.66. The molecule has 0 bridgehead atoms. The van der Waals surface area contributed by atoms with E-state index in [2.05, 4.69) is 16.0 Å². The van der Waals surface area contributed by atoms with Crippen molar-refractivity contribution in [1.82, 2.24) is 15.5 Å². The second-order valence-electron chi connectivity index (χ2n) is 6.10. The van der Waals surface area contributed by atoms with Crippen LogP contribution in [0.1, 0.15) is 10.4 Å². The predicted molar refractivity (Wildman–Crippen MR) is 87.2 cm³/mol. The highest BCUT2D eigenvalue weighted by Gasteiger charge is 2.43. The zero-order valence-corrected chi connectivity index (χ0v) is 13.9. The molecule has 142 valence electrons. The number of piperazine rings is 1. The fourth-order valence-corrected chi connectivity index (χ4v) is 2.96. The van der Waals surface area contributed by atoms with E-state index in [1.165, 1.54) is 23.1 Å². The number of anilines is 1. The molecule has 0 aromatic heterocycles. The van der Waals surface area contributed by atoms with E-state index in [0.29, 0.717) is 24.5 Å². The number of nitrogens with one attached hydrogen (secondary N) is 3. The van der Waals surface area contributed by atoms with Crippen molar-refractivity contribution in [1.29, 1.82) is 0 Å². The fraction of sp³-hybridized carbons (Fsp3) is 0.500. The number of hydrogen-bond donors (Lipinski definition) is 3. The van der Waals surface area contributed by atoms with Crippen molar-refractivity contribution < 1.29 is 27.5 Å². The van der Waals surface area contributed by atoms with Gasteiger partial charge in [-0.3, -0.25) is 14.5 Å². The molecule has 0 radical (unpaired) electrons. The van der Waals surface area contributed by atoms with Crippen LogP contribution in [0.25, 0.3) is 0 Å². The molecule has 7 nitrogen and oxygen atoms in total. The average molecular weight is 372 g/mol. The minimum absolute atomic E-state index is 0.115. The van der Waals surface area contributed by atoms with Crippen molar-refractivity contribution in [3.8, 4) is 5.75 Å². The number of hydrogen-bond acceptors (Lipinski definition) is 5. The summed E-state index contributed by atoms with van der Waals surface area (Å²) in [5.41, 5.74) is 0.471. The molecule has 0 aliphatic carbocycles. The van der Waals surface area contributed by atoms with Crippen molar-refractivity contribution in [2.24, 2.45) is 0 Å². The Bertz CT molecular complexity index is 690. The van der Waals surface area contributed by atoms with Crippen molar-refractivity contribution in [3.05, 3.63) is 23.8 Å². The minimum atomic E-state index is -4.44. The number of amides is 2. The number of carbonyl (C=O) groups is 2. The van der Waals surface area contributed by atoms with Gasteiger partial charge in [-0.15, -0.1) is 0 Å². The van der Waals surface area contributed by atoms with Gasteiger partial charge in [-0.25, -0.2) is 0 Å². The maximum absolute atomic E-state index is 13.3. The van der Waals surface area contributed by atoms with Gasteiger partial charge in [0.05, 0.1) is 5.69 Å². The largest absolute Gasteiger partial charge is 0.482 e. The normalized spacial score (nSPS) is 19.1. The lowest BCUT2D eigenvalue weighted by Crippen LogP contribution is -2.57. The second-order valence-corrected chi connectivity index (χ2v) is 6.10. The van der Waals surface area contributed by atoms with Crippen LogP contribution in [0, 0.1) is 0 Å². The van der Waals surface area contributed by atoms with Crippen molar-refractivity contribution >= 4 is 17.5 Å². The van der Waals surface area contributed by atoms with Gasteiger partial charge in [0, 0.05) is 38.3 Å². The summed E-state index contributed by atoms with van der Waals surface area (Å²) in [6.07, 6.45) is -4.44. The minimum Gasteiger partial charge on any atom is -0.482 e. The number of rotatable bonds is 4. The molecule has 2 aliphatic heterocycles. The molecule has 0 saturated carbocycles. The molecule has 2 heterocycles. The van der Waals surface area contributed by atoms with Crippen molar-refractivity contribution in [2.75, 3.05) is 44.6 Å². The van der Waals surface area contributed by atoms with Crippen LogP contribution in [0.3, 0.4) is 0 Å². The quantitative estimate of drug-likeness (QED) is 0.721. The van der Waals surface area contributed by atoms with Gasteiger partial charge in [-0.2, -0.15) is 13.2 Å². The summed E-state index contributed by atoms with van der Waals surface area (Å²) in [6.45, 7) is 0.833. The predicted octanol–water partition coefficient (Wildman–Crippen LogP) is 0.583. The van der Waals surface area contributed by atoms with Gasteiger partial charge in [0.25, 0.3) is 11.8 Å². The number of alkyl halides is 3. The molecule has 1 aromatic carbocycles. The molecular formula is C16H19F3N4O3. The fourth-order valence-electron chi connectivity index (χ4n) is 2.96. The molecule has 1 saturated heterocycles. The van der Waals surface area contributed by atoms with Gasteiger partial charge in [-0.1, -0.05) is 0 Å². The summed E-state index contributed by atoms with van der Waals surface area (Å²) in [4.78, 5) is 24.9. The molecule has 1 atom stereocenters. The topological polar surface area (TPSA) is 82.7 Å². The number of halogens is 3. The van der Waals surface area contributed by atoms with Crippen LogP contribution in [0.15, 0.2) is 18.2 Å². The number of benzene rings is 1. The SMILES string of the molecule is O=C1COc2ccc(C(=O)NCC(N3CCNCC3)C(F)(F)F)cc2N1. The first-order chi connectivity index (χ1) is 12.3. The summed E-state index contributed by atoms with van der Waals surface area (Å²) < 4.78 is 45.2. The highest BCUT2D eigenvalue weighted by atomic mass is 19.4. The molecule has 1 fully saturated rings. The molecule has 1 unspecified atom stereocenters. The van der Waals surface area contributed by atoms with Crippen LogP contribution < -0.4 is 20.7 Å².